The minimum atomic E-state index is -2.65. The maximum absolute atomic E-state index is 10.9. The standard InChI is InChI=1S/C9H13O3P/c1-2-7-12-8-5-3-4-6-9(8)13(10)11/h3-6,13H,2,7H2,1H3,(H,10,11). The van der Waals surface area contributed by atoms with E-state index in [-0.39, 0.29) is 0 Å². The highest BCUT2D eigenvalue weighted by molar-refractivity contribution is 7.47. The molecule has 4 heteroatoms. The molecular weight excluding hydrogens is 187 g/mol. The van der Waals surface area contributed by atoms with E-state index in [0.29, 0.717) is 17.7 Å². The molecule has 1 aromatic carbocycles. The summed E-state index contributed by atoms with van der Waals surface area (Å²) in [6.07, 6.45) is 0.890. The van der Waals surface area contributed by atoms with Crippen LogP contribution in [0, 0.1) is 0 Å². The summed E-state index contributed by atoms with van der Waals surface area (Å²) in [5.41, 5.74) is 0. The lowest BCUT2D eigenvalue weighted by Gasteiger charge is -2.07. The molecule has 0 radical (unpaired) electrons. The second-order valence-electron chi connectivity index (χ2n) is 2.65. The SMILES string of the molecule is CCCOc1ccccc1[PH](=O)O. The number of para-hydroxylation sites is 1. The number of hydrogen-bond acceptors (Lipinski definition) is 2. The average Bonchev–Trinajstić information content (AvgIpc) is 2.15. The van der Waals surface area contributed by atoms with Gasteiger partial charge in [-0.15, -0.1) is 0 Å². The average molecular weight is 200 g/mol. The van der Waals surface area contributed by atoms with E-state index in [0.717, 1.165) is 6.42 Å². The van der Waals surface area contributed by atoms with Crippen LogP contribution in [0.5, 0.6) is 5.75 Å². The van der Waals surface area contributed by atoms with E-state index in [4.69, 9.17) is 9.63 Å². The first-order valence-electron chi connectivity index (χ1n) is 4.20. The third kappa shape index (κ3) is 2.87. The minimum absolute atomic E-state index is 0.404. The Morgan fingerprint density at radius 3 is 2.77 bits per heavy atom. The van der Waals surface area contributed by atoms with Gasteiger partial charge >= 0.3 is 0 Å². The predicted molar refractivity (Wildman–Crippen MR) is 53.1 cm³/mol. The topological polar surface area (TPSA) is 46.5 Å². The number of hydrogen-bond donors (Lipinski definition) is 1. The molecule has 3 nitrogen and oxygen atoms in total. The Morgan fingerprint density at radius 1 is 1.46 bits per heavy atom. The fourth-order valence-corrected chi connectivity index (χ4v) is 1.59. The summed E-state index contributed by atoms with van der Waals surface area (Å²) in [6, 6.07) is 6.85. The second-order valence-corrected chi connectivity index (χ2v) is 3.80. The van der Waals surface area contributed by atoms with E-state index in [2.05, 4.69) is 0 Å². The van der Waals surface area contributed by atoms with Crippen molar-refractivity contribution in [2.24, 2.45) is 0 Å². The van der Waals surface area contributed by atoms with Crippen molar-refractivity contribution in [1.82, 2.24) is 0 Å². The fourth-order valence-electron chi connectivity index (χ4n) is 0.981. The molecule has 13 heavy (non-hydrogen) atoms. The zero-order valence-electron chi connectivity index (χ0n) is 7.49. The maximum Gasteiger partial charge on any atom is 0.221 e. The van der Waals surface area contributed by atoms with Gasteiger partial charge in [0.1, 0.15) is 5.75 Å². The summed E-state index contributed by atoms with van der Waals surface area (Å²) in [7, 11) is -2.65. The maximum atomic E-state index is 10.9. The van der Waals surface area contributed by atoms with Crippen molar-refractivity contribution in [3.8, 4) is 5.75 Å². The van der Waals surface area contributed by atoms with E-state index in [1.807, 2.05) is 6.92 Å². The van der Waals surface area contributed by atoms with Crippen LogP contribution >= 0.6 is 8.03 Å². The van der Waals surface area contributed by atoms with Gasteiger partial charge in [0.25, 0.3) is 0 Å². The molecule has 0 aliphatic heterocycles. The molecule has 0 saturated carbocycles. The summed E-state index contributed by atoms with van der Waals surface area (Å²) in [4.78, 5) is 8.97. The Hall–Kier alpha value is -0.790. The highest BCUT2D eigenvalue weighted by atomic mass is 31.1. The molecule has 0 spiro atoms. The molecule has 0 aliphatic rings. The molecule has 0 bridgehead atoms. The first-order valence-corrected chi connectivity index (χ1v) is 5.56. The summed E-state index contributed by atoms with van der Waals surface area (Å²) < 4.78 is 16.2. The van der Waals surface area contributed by atoms with Gasteiger partial charge in [-0.2, -0.15) is 0 Å². The van der Waals surface area contributed by atoms with Gasteiger partial charge < -0.3 is 9.63 Å². The van der Waals surface area contributed by atoms with Crippen LogP contribution in [0.1, 0.15) is 13.3 Å². The normalized spacial score (nSPS) is 12.5. The van der Waals surface area contributed by atoms with Crippen LogP contribution in [-0.2, 0) is 4.57 Å². The Bertz CT molecular complexity index is 299. The van der Waals surface area contributed by atoms with Crippen molar-refractivity contribution in [3.05, 3.63) is 24.3 Å². The van der Waals surface area contributed by atoms with Crippen LogP contribution < -0.4 is 10.0 Å². The fraction of sp³-hybridized carbons (Fsp3) is 0.333. The van der Waals surface area contributed by atoms with Crippen molar-refractivity contribution in [2.75, 3.05) is 6.61 Å². The molecule has 0 amide bonds. The monoisotopic (exact) mass is 200 g/mol. The van der Waals surface area contributed by atoms with Crippen molar-refractivity contribution in [3.63, 3.8) is 0 Å². The van der Waals surface area contributed by atoms with Gasteiger partial charge in [-0.1, -0.05) is 19.1 Å². The highest BCUT2D eigenvalue weighted by Gasteiger charge is 2.06. The quantitative estimate of drug-likeness (QED) is 0.750. The van der Waals surface area contributed by atoms with E-state index in [9.17, 15) is 4.57 Å². The molecule has 1 rings (SSSR count). The molecule has 0 fully saturated rings. The van der Waals surface area contributed by atoms with Crippen LogP contribution in [0.25, 0.3) is 0 Å². The lowest BCUT2D eigenvalue weighted by molar-refractivity contribution is 0.319. The molecular formula is C9H13O3P. The molecule has 1 aromatic rings. The van der Waals surface area contributed by atoms with E-state index in [1.54, 1.807) is 24.3 Å². The van der Waals surface area contributed by atoms with Gasteiger partial charge in [0, 0.05) is 0 Å². The zero-order valence-corrected chi connectivity index (χ0v) is 8.49. The largest absolute Gasteiger partial charge is 0.493 e. The van der Waals surface area contributed by atoms with Crippen molar-refractivity contribution >= 4 is 13.3 Å². The number of rotatable bonds is 4. The summed E-state index contributed by atoms with van der Waals surface area (Å²) in [5, 5.41) is 0.404. The van der Waals surface area contributed by atoms with Crippen molar-refractivity contribution < 1.29 is 14.2 Å². The third-order valence-electron chi connectivity index (χ3n) is 1.58. The highest BCUT2D eigenvalue weighted by Crippen LogP contribution is 2.21. The zero-order chi connectivity index (χ0) is 9.68. The van der Waals surface area contributed by atoms with Gasteiger partial charge in [-0.3, -0.25) is 4.57 Å². The van der Waals surface area contributed by atoms with Crippen molar-refractivity contribution in [2.45, 2.75) is 13.3 Å². The molecule has 72 valence electrons. The Kier molecular flexibility index (Phi) is 4.00. The van der Waals surface area contributed by atoms with E-state index in [1.165, 1.54) is 0 Å². The molecule has 0 saturated heterocycles. The van der Waals surface area contributed by atoms with Gasteiger partial charge in [-0.25, -0.2) is 0 Å². The molecule has 0 aliphatic carbocycles. The van der Waals surface area contributed by atoms with Gasteiger partial charge in [0.15, 0.2) is 0 Å². The molecule has 1 atom stereocenters. The molecule has 1 unspecified atom stereocenters. The lowest BCUT2D eigenvalue weighted by Crippen LogP contribution is -2.05. The van der Waals surface area contributed by atoms with Crippen LogP contribution in [0.15, 0.2) is 24.3 Å². The van der Waals surface area contributed by atoms with Crippen molar-refractivity contribution in [1.29, 1.82) is 0 Å². The minimum Gasteiger partial charge on any atom is -0.493 e. The van der Waals surface area contributed by atoms with E-state index < -0.39 is 8.03 Å². The summed E-state index contributed by atoms with van der Waals surface area (Å²) in [5.74, 6) is 0.524. The summed E-state index contributed by atoms with van der Waals surface area (Å²) >= 11 is 0. The first kappa shape index (κ1) is 10.3. The van der Waals surface area contributed by atoms with Gasteiger partial charge in [0.05, 0.1) is 11.9 Å². The number of benzene rings is 1. The Labute approximate surface area is 78.2 Å². The Morgan fingerprint density at radius 2 is 2.15 bits per heavy atom. The van der Waals surface area contributed by atoms with Crippen LogP contribution in [0.3, 0.4) is 0 Å². The lowest BCUT2D eigenvalue weighted by atomic mass is 10.3. The molecule has 0 aromatic heterocycles. The van der Waals surface area contributed by atoms with Crippen LogP contribution in [-0.4, -0.2) is 11.5 Å². The molecule has 1 N–H and O–H groups in total. The van der Waals surface area contributed by atoms with Crippen LogP contribution in [0.2, 0.25) is 0 Å². The van der Waals surface area contributed by atoms with Gasteiger partial charge in [-0.05, 0) is 18.6 Å². The first-order chi connectivity index (χ1) is 6.25. The van der Waals surface area contributed by atoms with E-state index >= 15 is 0 Å². The smallest absolute Gasteiger partial charge is 0.221 e. The summed E-state index contributed by atoms with van der Waals surface area (Å²) in [6.45, 7) is 2.57. The third-order valence-corrected chi connectivity index (χ3v) is 2.45. The second kappa shape index (κ2) is 5.05. The number of ether oxygens (including phenoxy) is 1. The Balaban J connectivity index is 2.84. The predicted octanol–water partition coefficient (Wildman–Crippen LogP) is 1.57. The molecule has 0 heterocycles. The van der Waals surface area contributed by atoms with Crippen LogP contribution in [0.4, 0.5) is 0 Å². The van der Waals surface area contributed by atoms with Gasteiger partial charge in [0.2, 0.25) is 8.03 Å².